The summed E-state index contributed by atoms with van der Waals surface area (Å²) in [5.74, 6) is -0.167. The molecule has 11 heteroatoms. The van der Waals surface area contributed by atoms with Crippen molar-refractivity contribution >= 4 is 46.0 Å². The SMILES string of the molecule is C[C@@H](Oc1cc(-n2cnc3ccc(CN(C)CCNC(=O)OC(C)(C)C)cc32)sc1C(N)=O)c1ccccc1Cl. The number of hydrogen-bond donors (Lipinski definition) is 2. The second-order valence-corrected chi connectivity index (χ2v) is 12.0. The van der Waals surface area contributed by atoms with Crippen molar-refractivity contribution < 1.29 is 19.1 Å². The molecule has 40 heavy (non-hydrogen) atoms. The van der Waals surface area contributed by atoms with E-state index in [9.17, 15) is 9.59 Å². The minimum Gasteiger partial charge on any atom is -0.484 e. The molecule has 0 aliphatic rings. The monoisotopic (exact) mass is 583 g/mol. The lowest BCUT2D eigenvalue weighted by molar-refractivity contribution is 0.0523. The van der Waals surface area contributed by atoms with Crippen LogP contribution in [0.2, 0.25) is 5.02 Å². The molecule has 0 fully saturated rings. The quantitative estimate of drug-likeness (QED) is 0.239. The highest BCUT2D eigenvalue weighted by atomic mass is 35.5. The molecular weight excluding hydrogens is 550 g/mol. The third-order valence-corrected chi connectivity index (χ3v) is 7.49. The maximum atomic E-state index is 12.3. The van der Waals surface area contributed by atoms with Crippen LogP contribution in [0.4, 0.5) is 4.79 Å². The number of imidazole rings is 1. The fourth-order valence-electron chi connectivity index (χ4n) is 4.18. The fourth-order valence-corrected chi connectivity index (χ4v) is 5.40. The molecule has 212 valence electrons. The molecular formula is C29H34ClN5O4S. The Labute approximate surface area is 242 Å². The first-order chi connectivity index (χ1) is 18.9. The summed E-state index contributed by atoms with van der Waals surface area (Å²) in [5.41, 5.74) is 8.77. The second kappa shape index (κ2) is 12.3. The Balaban J connectivity index is 1.50. The van der Waals surface area contributed by atoms with Gasteiger partial charge in [0.2, 0.25) is 0 Å². The Morgan fingerprint density at radius 3 is 2.65 bits per heavy atom. The van der Waals surface area contributed by atoms with E-state index in [0.717, 1.165) is 27.2 Å². The highest BCUT2D eigenvalue weighted by Gasteiger charge is 2.21. The zero-order valence-electron chi connectivity index (χ0n) is 23.2. The Kier molecular flexibility index (Phi) is 9.02. The third kappa shape index (κ3) is 7.32. The molecule has 0 radical (unpaired) electrons. The third-order valence-electron chi connectivity index (χ3n) is 6.02. The van der Waals surface area contributed by atoms with Crippen LogP contribution < -0.4 is 15.8 Å². The van der Waals surface area contributed by atoms with Gasteiger partial charge in [0, 0.05) is 36.3 Å². The van der Waals surface area contributed by atoms with E-state index in [2.05, 4.69) is 21.3 Å². The summed E-state index contributed by atoms with van der Waals surface area (Å²) in [6, 6.07) is 15.3. The maximum Gasteiger partial charge on any atom is 0.407 e. The van der Waals surface area contributed by atoms with Gasteiger partial charge in [-0.15, -0.1) is 11.3 Å². The largest absolute Gasteiger partial charge is 0.484 e. The van der Waals surface area contributed by atoms with Crippen LogP contribution in [-0.4, -0.2) is 52.2 Å². The highest BCUT2D eigenvalue weighted by Crippen LogP contribution is 2.37. The molecule has 4 rings (SSSR count). The van der Waals surface area contributed by atoms with E-state index in [-0.39, 0.29) is 6.10 Å². The predicted molar refractivity (Wildman–Crippen MR) is 159 cm³/mol. The van der Waals surface area contributed by atoms with E-state index in [4.69, 9.17) is 26.8 Å². The van der Waals surface area contributed by atoms with Gasteiger partial charge in [-0.25, -0.2) is 9.78 Å². The normalized spacial score (nSPS) is 12.5. The number of nitrogens with one attached hydrogen (secondary N) is 1. The molecule has 0 saturated carbocycles. The van der Waals surface area contributed by atoms with Crippen molar-refractivity contribution in [3.8, 4) is 10.8 Å². The summed E-state index contributed by atoms with van der Waals surface area (Å²) in [7, 11) is 1.99. The van der Waals surface area contributed by atoms with Gasteiger partial charge >= 0.3 is 6.09 Å². The first kappa shape index (κ1) is 29.4. The lowest BCUT2D eigenvalue weighted by Crippen LogP contribution is -2.36. The maximum absolute atomic E-state index is 12.3. The molecule has 0 aliphatic heterocycles. The minimum absolute atomic E-state index is 0.323. The number of aromatic nitrogens is 2. The van der Waals surface area contributed by atoms with Crippen LogP contribution in [0.1, 0.15) is 54.6 Å². The van der Waals surface area contributed by atoms with Crippen molar-refractivity contribution in [3.63, 3.8) is 0 Å². The number of hydrogen-bond acceptors (Lipinski definition) is 7. The van der Waals surface area contributed by atoms with Crippen molar-refractivity contribution in [1.29, 1.82) is 0 Å². The second-order valence-electron chi connectivity index (χ2n) is 10.5. The van der Waals surface area contributed by atoms with Gasteiger partial charge < -0.3 is 25.4 Å². The summed E-state index contributed by atoms with van der Waals surface area (Å²) in [6.07, 6.45) is 0.906. The first-order valence-corrected chi connectivity index (χ1v) is 14.1. The van der Waals surface area contributed by atoms with Crippen LogP contribution in [0.5, 0.6) is 5.75 Å². The van der Waals surface area contributed by atoms with Gasteiger partial charge in [0.05, 0.1) is 11.0 Å². The number of benzene rings is 2. The molecule has 0 aliphatic carbocycles. The number of halogens is 1. The van der Waals surface area contributed by atoms with E-state index < -0.39 is 17.6 Å². The number of alkyl carbamates (subject to hydrolysis) is 1. The number of primary amides is 1. The molecule has 2 aromatic carbocycles. The van der Waals surface area contributed by atoms with Gasteiger partial charge in [-0.05, 0) is 58.5 Å². The van der Waals surface area contributed by atoms with Gasteiger partial charge in [-0.2, -0.15) is 0 Å². The van der Waals surface area contributed by atoms with Crippen molar-refractivity contribution in [2.45, 2.75) is 45.9 Å². The summed E-state index contributed by atoms with van der Waals surface area (Å²) >= 11 is 7.59. The topological polar surface area (TPSA) is 112 Å². The van der Waals surface area contributed by atoms with Crippen molar-refractivity contribution in [2.24, 2.45) is 5.73 Å². The van der Waals surface area contributed by atoms with E-state index in [1.807, 2.05) is 69.6 Å². The highest BCUT2D eigenvalue weighted by molar-refractivity contribution is 7.16. The zero-order valence-corrected chi connectivity index (χ0v) is 24.8. The number of carbonyl (C=O) groups is 2. The number of nitrogens with two attached hydrogens (primary N) is 1. The number of fused-ring (bicyclic) bond motifs is 1. The van der Waals surface area contributed by atoms with Crippen molar-refractivity contribution in [1.82, 2.24) is 19.8 Å². The standard InChI is InChI=1S/C29H34ClN5O4S/c1-18(20-8-6-7-9-21(20)30)38-24-15-25(40-26(24)27(31)36)35-17-33-22-11-10-19(14-23(22)35)16-34(5)13-12-32-28(37)39-29(2,3)4/h6-11,14-15,17-18H,12-13,16H2,1-5H3,(H2,31,36)(H,32,37)/t18-/m1/s1. The smallest absolute Gasteiger partial charge is 0.407 e. The average molecular weight is 584 g/mol. The van der Waals surface area contributed by atoms with E-state index in [1.54, 1.807) is 18.5 Å². The van der Waals surface area contributed by atoms with Crippen LogP contribution in [0.25, 0.3) is 16.0 Å². The number of nitrogens with zero attached hydrogens (tertiary/aromatic N) is 3. The number of likely N-dealkylation sites (N-methyl/N-ethyl adjacent to an activating group) is 1. The fraction of sp³-hybridized carbons (Fsp3) is 0.345. The van der Waals surface area contributed by atoms with E-state index in [0.29, 0.717) is 35.3 Å². The number of amides is 2. The van der Waals surface area contributed by atoms with Gasteiger partial charge in [-0.1, -0.05) is 35.9 Å². The molecule has 3 N–H and O–H groups in total. The van der Waals surface area contributed by atoms with Gasteiger partial charge in [0.1, 0.15) is 33.7 Å². The lowest BCUT2D eigenvalue weighted by Gasteiger charge is -2.21. The number of ether oxygens (including phenoxy) is 2. The summed E-state index contributed by atoms with van der Waals surface area (Å²) < 4.78 is 13.4. The van der Waals surface area contributed by atoms with Crippen LogP contribution in [0.3, 0.4) is 0 Å². The van der Waals surface area contributed by atoms with Gasteiger partial charge in [0.15, 0.2) is 0 Å². The predicted octanol–water partition coefficient (Wildman–Crippen LogP) is 5.94. The number of thiophene rings is 1. The molecule has 4 aromatic rings. The Hall–Kier alpha value is -3.60. The molecule has 2 amide bonds. The molecule has 9 nitrogen and oxygen atoms in total. The van der Waals surface area contributed by atoms with Gasteiger partial charge in [0.25, 0.3) is 5.91 Å². The van der Waals surface area contributed by atoms with Crippen LogP contribution in [0, 0.1) is 0 Å². The first-order valence-electron chi connectivity index (χ1n) is 12.9. The summed E-state index contributed by atoms with van der Waals surface area (Å²) in [6.45, 7) is 9.15. The van der Waals surface area contributed by atoms with E-state index in [1.165, 1.54) is 11.3 Å². The van der Waals surface area contributed by atoms with Crippen molar-refractivity contribution in [2.75, 3.05) is 20.1 Å². The Morgan fingerprint density at radius 1 is 1.20 bits per heavy atom. The molecule has 0 bridgehead atoms. The number of carbonyl (C=O) groups excluding carboxylic acids is 2. The molecule has 2 heterocycles. The molecule has 0 unspecified atom stereocenters. The molecule has 0 saturated heterocycles. The molecule has 2 aromatic heterocycles. The zero-order chi connectivity index (χ0) is 29.0. The van der Waals surface area contributed by atoms with Gasteiger partial charge in [-0.3, -0.25) is 9.36 Å². The van der Waals surface area contributed by atoms with Crippen LogP contribution in [-0.2, 0) is 11.3 Å². The number of rotatable bonds is 10. The lowest BCUT2D eigenvalue weighted by atomic mass is 10.1. The van der Waals surface area contributed by atoms with E-state index >= 15 is 0 Å². The summed E-state index contributed by atoms with van der Waals surface area (Å²) in [4.78, 5) is 31.2. The van der Waals surface area contributed by atoms with Crippen molar-refractivity contribution in [3.05, 3.63) is 75.9 Å². The summed E-state index contributed by atoms with van der Waals surface area (Å²) in [5, 5.41) is 4.13. The Bertz CT molecular complexity index is 1510. The Morgan fingerprint density at radius 2 is 1.95 bits per heavy atom. The molecule has 1 atom stereocenters. The minimum atomic E-state index is -0.565. The van der Waals surface area contributed by atoms with Crippen LogP contribution in [0.15, 0.2) is 54.9 Å². The average Bonchev–Trinajstić information content (AvgIpc) is 3.47. The van der Waals surface area contributed by atoms with Crippen LogP contribution >= 0.6 is 22.9 Å². The molecule has 0 spiro atoms.